The normalized spacial score (nSPS) is 20.9. The predicted molar refractivity (Wildman–Crippen MR) is 129 cm³/mol. The monoisotopic (exact) mass is 444 g/mol. The van der Waals surface area contributed by atoms with Crippen molar-refractivity contribution in [2.75, 3.05) is 5.32 Å². The molecule has 0 saturated heterocycles. The van der Waals surface area contributed by atoms with Gasteiger partial charge in [-0.05, 0) is 73.0 Å². The van der Waals surface area contributed by atoms with E-state index in [-0.39, 0.29) is 23.9 Å². The second-order valence-corrected chi connectivity index (χ2v) is 9.94. The van der Waals surface area contributed by atoms with E-state index >= 15 is 0 Å². The molecule has 1 aromatic heterocycles. The lowest BCUT2D eigenvalue weighted by Crippen LogP contribution is -2.49. The van der Waals surface area contributed by atoms with Crippen LogP contribution in [0.15, 0.2) is 60.0 Å². The molecule has 5 rings (SSSR count). The first-order valence-corrected chi connectivity index (χ1v) is 12.3. The molecule has 32 heavy (non-hydrogen) atoms. The number of benzene rings is 2. The number of thiophene rings is 1. The highest BCUT2D eigenvalue weighted by atomic mass is 32.1. The summed E-state index contributed by atoms with van der Waals surface area (Å²) in [5.74, 6) is -0.458. The molecule has 0 unspecified atom stereocenters. The Morgan fingerprint density at radius 2 is 1.78 bits per heavy atom. The molecule has 0 spiro atoms. The maximum Gasteiger partial charge on any atom is 0.254 e. The zero-order chi connectivity index (χ0) is 22.2. The topological polar surface area (TPSA) is 49.4 Å². The Morgan fingerprint density at radius 1 is 1.00 bits per heavy atom. The van der Waals surface area contributed by atoms with Crippen LogP contribution in [0, 0.1) is 13.8 Å². The van der Waals surface area contributed by atoms with E-state index in [0.717, 1.165) is 47.4 Å². The van der Waals surface area contributed by atoms with Gasteiger partial charge in [0, 0.05) is 22.2 Å². The lowest BCUT2D eigenvalue weighted by molar-refractivity contribution is -0.119. The number of nitrogens with one attached hydrogen (secondary N) is 1. The molecule has 2 aliphatic rings. The van der Waals surface area contributed by atoms with Crippen molar-refractivity contribution in [1.82, 2.24) is 4.90 Å². The zero-order valence-corrected chi connectivity index (χ0v) is 19.3. The number of fused-ring (bicyclic) bond motifs is 1. The van der Waals surface area contributed by atoms with Crippen molar-refractivity contribution >= 4 is 28.8 Å². The largest absolute Gasteiger partial charge is 0.327 e. The van der Waals surface area contributed by atoms with Crippen LogP contribution in [0.25, 0.3) is 0 Å². The highest BCUT2D eigenvalue weighted by Crippen LogP contribution is 2.47. The van der Waals surface area contributed by atoms with E-state index in [9.17, 15) is 9.59 Å². The lowest BCUT2D eigenvalue weighted by atomic mass is 9.80. The van der Waals surface area contributed by atoms with Gasteiger partial charge in [0.25, 0.3) is 5.91 Å². The number of aryl methyl sites for hydroxylation is 2. The Balaban J connectivity index is 1.61. The highest BCUT2D eigenvalue weighted by molar-refractivity contribution is 7.10. The third kappa shape index (κ3) is 3.65. The van der Waals surface area contributed by atoms with Gasteiger partial charge in [-0.15, -0.1) is 11.3 Å². The summed E-state index contributed by atoms with van der Waals surface area (Å²) in [6.07, 6.45) is 4.27. The minimum atomic E-state index is -0.454. The van der Waals surface area contributed by atoms with Crippen LogP contribution in [0.3, 0.4) is 0 Å². The van der Waals surface area contributed by atoms with E-state index in [1.54, 1.807) is 11.3 Å². The Kier molecular flexibility index (Phi) is 5.60. The number of hydrogen-bond donors (Lipinski definition) is 1. The van der Waals surface area contributed by atoms with Crippen molar-refractivity contribution < 1.29 is 9.59 Å². The molecule has 0 bridgehead atoms. The van der Waals surface area contributed by atoms with Crippen LogP contribution in [0.2, 0.25) is 0 Å². The van der Waals surface area contributed by atoms with E-state index in [2.05, 4.69) is 25.2 Å². The maximum absolute atomic E-state index is 13.9. The molecular formula is C27H28N2O2S. The summed E-state index contributed by atoms with van der Waals surface area (Å²) >= 11 is 1.63. The first-order valence-electron chi connectivity index (χ1n) is 11.4. The second kappa shape index (κ2) is 8.55. The van der Waals surface area contributed by atoms with Gasteiger partial charge in [-0.3, -0.25) is 9.59 Å². The summed E-state index contributed by atoms with van der Waals surface area (Å²) in [7, 11) is 0. The highest BCUT2D eigenvalue weighted by Gasteiger charge is 2.47. The minimum Gasteiger partial charge on any atom is -0.327 e. The molecule has 0 radical (unpaired) electrons. The van der Waals surface area contributed by atoms with Crippen LogP contribution < -0.4 is 5.32 Å². The Hall–Kier alpha value is -2.92. The fraction of sp³-hybridized carbons (Fsp3) is 0.333. The summed E-state index contributed by atoms with van der Waals surface area (Å²) in [6.45, 7) is 4.12. The minimum absolute atomic E-state index is 0.0566. The quantitative estimate of drug-likeness (QED) is 0.519. The molecule has 1 aliphatic heterocycles. The van der Waals surface area contributed by atoms with Gasteiger partial charge >= 0.3 is 0 Å². The number of amides is 2. The summed E-state index contributed by atoms with van der Waals surface area (Å²) < 4.78 is 0. The number of rotatable bonds is 4. The average molecular weight is 445 g/mol. The predicted octanol–water partition coefficient (Wildman–Crippen LogP) is 6.23. The van der Waals surface area contributed by atoms with Crippen molar-refractivity contribution in [3.8, 4) is 0 Å². The third-order valence-electron chi connectivity index (χ3n) is 6.99. The fourth-order valence-corrected chi connectivity index (χ4v) is 6.08. The van der Waals surface area contributed by atoms with Gasteiger partial charge in [-0.2, -0.15) is 0 Å². The number of hydrogen-bond acceptors (Lipinski definition) is 3. The maximum atomic E-state index is 13.9. The fourth-order valence-electron chi connectivity index (χ4n) is 5.22. The standard InChI is InChI=1S/C27H28N2O2S/c1-17-13-14-19(16-18(17)2)28-26(30)24-21-10-5-6-11-22(21)27(31)29(20-8-3-4-9-20)25(24)23-12-7-15-32-23/h5-7,10-16,20,24-25H,3-4,8-9H2,1-2H3,(H,28,30)/t24-,25-/m0/s1. The van der Waals surface area contributed by atoms with E-state index in [0.29, 0.717) is 5.56 Å². The van der Waals surface area contributed by atoms with Gasteiger partial charge in [0.1, 0.15) is 0 Å². The van der Waals surface area contributed by atoms with E-state index < -0.39 is 5.92 Å². The molecule has 2 heterocycles. The molecule has 3 aromatic rings. The van der Waals surface area contributed by atoms with Gasteiger partial charge in [0.15, 0.2) is 0 Å². The Morgan fingerprint density at radius 3 is 2.50 bits per heavy atom. The van der Waals surface area contributed by atoms with Gasteiger partial charge < -0.3 is 10.2 Å². The molecule has 164 valence electrons. The van der Waals surface area contributed by atoms with Gasteiger partial charge in [-0.1, -0.05) is 43.2 Å². The van der Waals surface area contributed by atoms with Crippen molar-refractivity contribution in [3.63, 3.8) is 0 Å². The van der Waals surface area contributed by atoms with E-state index in [4.69, 9.17) is 0 Å². The Labute approximate surface area is 193 Å². The van der Waals surface area contributed by atoms with E-state index in [1.165, 1.54) is 5.56 Å². The first-order chi connectivity index (χ1) is 15.5. The molecule has 2 atom stereocenters. The van der Waals surface area contributed by atoms with Crippen LogP contribution >= 0.6 is 11.3 Å². The molecule has 2 aromatic carbocycles. The molecule has 5 heteroatoms. The molecule has 1 fully saturated rings. The SMILES string of the molecule is Cc1ccc(NC(=O)[C@H]2c3ccccc3C(=O)N(C3CCCC3)[C@H]2c2cccs2)cc1C. The van der Waals surface area contributed by atoms with E-state index in [1.807, 2.05) is 58.8 Å². The molecule has 1 aliphatic carbocycles. The number of nitrogens with zero attached hydrogens (tertiary/aromatic N) is 1. The molecule has 1 N–H and O–H groups in total. The van der Waals surface area contributed by atoms with Crippen LogP contribution in [0.4, 0.5) is 5.69 Å². The summed E-state index contributed by atoms with van der Waals surface area (Å²) in [4.78, 5) is 30.7. The number of carbonyl (C=O) groups is 2. The van der Waals surface area contributed by atoms with Crippen molar-refractivity contribution in [1.29, 1.82) is 0 Å². The molecule has 2 amide bonds. The van der Waals surface area contributed by atoms with Crippen LogP contribution in [-0.2, 0) is 4.79 Å². The van der Waals surface area contributed by atoms with Gasteiger partial charge in [-0.25, -0.2) is 0 Å². The van der Waals surface area contributed by atoms with Crippen LogP contribution in [-0.4, -0.2) is 22.8 Å². The third-order valence-corrected chi connectivity index (χ3v) is 7.93. The van der Waals surface area contributed by atoms with Crippen molar-refractivity contribution in [2.24, 2.45) is 0 Å². The molecule has 1 saturated carbocycles. The second-order valence-electron chi connectivity index (χ2n) is 8.96. The summed E-state index contributed by atoms with van der Waals surface area (Å²) in [5, 5.41) is 5.20. The van der Waals surface area contributed by atoms with Crippen molar-refractivity contribution in [2.45, 2.75) is 57.5 Å². The van der Waals surface area contributed by atoms with Crippen LogP contribution in [0.5, 0.6) is 0 Å². The molecule has 4 nitrogen and oxygen atoms in total. The summed E-state index contributed by atoms with van der Waals surface area (Å²) in [5.41, 5.74) is 4.62. The number of carbonyl (C=O) groups excluding carboxylic acids is 2. The van der Waals surface area contributed by atoms with Gasteiger partial charge in [0.2, 0.25) is 5.91 Å². The lowest BCUT2D eigenvalue weighted by Gasteiger charge is -2.44. The smallest absolute Gasteiger partial charge is 0.254 e. The average Bonchev–Trinajstić information content (AvgIpc) is 3.50. The first kappa shape index (κ1) is 21.0. The molecular weight excluding hydrogens is 416 g/mol. The van der Waals surface area contributed by atoms with Gasteiger partial charge in [0.05, 0.1) is 12.0 Å². The summed E-state index contributed by atoms with van der Waals surface area (Å²) in [6, 6.07) is 17.6. The Bertz CT molecular complexity index is 1150. The van der Waals surface area contributed by atoms with Crippen molar-refractivity contribution in [3.05, 3.63) is 87.1 Å². The van der Waals surface area contributed by atoms with Crippen LogP contribution in [0.1, 0.15) is 69.6 Å². The zero-order valence-electron chi connectivity index (χ0n) is 18.5. The number of anilines is 1.